The van der Waals surface area contributed by atoms with E-state index in [9.17, 15) is 0 Å². The van der Waals surface area contributed by atoms with Gasteiger partial charge in [0.25, 0.3) is 0 Å². The maximum atomic E-state index is 3.54. The zero-order valence-electron chi connectivity index (χ0n) is 12.0. The van der Waals surface area contributed by atoms with Gasteiger partial charge in [-0.25, -0.2) is 0 Å². The fraction of sp³-hybridized carbons (Fsp3) is 0.294. The smallest absolute Gasteiger partial charge is 0.0403 e. The Morgan fingerprint density at radius 2 is 1.53 bits per heavy atom. The lowest BCUT2D eigenvalue weighted by Gasteiger charge is -2.13. The van der Waals surface area contributed by atoms with Crippen LogP contribution in [0, 0.1) is 31.3 Å². The standard InChI is InChI=1S/C17H20IN/c1-11-7-13(3)15(8-12(11)2)10-19-17-6-5-16(18)9-14(17)4/h5-9,19H,10H2,1-4H3. The molecule has 2 heteroatoms. The Morgan fingerprint density at radius 1 is 0.842 bits per heavy atom. The summed E-state index contributed by atoms with van der Waals surface area (Å²) in [6.07, 6.45) is 0. The molecule has 0 unspecified atom stereocenters. The first-order valence-electron chi connectivity index (χ1n) is 6.54. The van der Waals surface area contributed by atoms with Crippen LogP contribution in [0.1, 0.15) is 27.8 Å². The maximum Gasteiger partial charge on any atom is 0.0403 e. The van der Waals surface area contributed by atoms with Gasteiger partial charge < -0.3 is 5.32 Å². The highest BCUT2D eigenvalue weighted by Crippen LogP contribution is 2.20. The van der Waals surface area contributed by atoms with Crippen molar-refractivity contribution in [3.05, 3.63) is 61.7 Å². The van der Waals surface area contributed by atoms with E-state index in [0.717, 1.165) is 6.54 Å². The van der Waals surface area contributed by atoms with Gasteiger partial charge in [-0.05, 0) is 96.3 Å². The van der Waals surface area contributed by atoms with Crippen LogP contribution in [-0.2, 0) is 6.54 Å². The Morgan fingerprint density at radius 3 is 2.21 bits per heavy atom. The third-order valence-corrected chi connectivity index (χ3v) is 4.28. The Hall–Kier alpha value is -1.03. The Kier molecular flexibility index (Phi) is 4.50. The molecule has 1 nitrogen and oxygen atoms in total. The van der Waals surface area contributed by atoms with Crippen LogP contribution in [0.4, 0.5) is 5.69 Å². The van der Waals surface area contributed by atoms with E-state index in [2.05, 4.69) is 85.9 Å². The Bertz CT molecular complexity index is 602. The molecule has 0 atom stereocenters. The van der Waals surface area contributed by atoms with Gasteiger partial charge in [0, 0.05) is 15.8 Å². The summed E-state index contributed by atoms with van der Waals surface area (Å²) in [5.41, 5.74) is 7.99. The van der Waals surface area contributed by atoms with Crippen molar-refractivity contribution in [1.29, 1.82) is 0 Å². The first kappa shape index (κ1) is 14.4. The van der Waals surface area contributed by atoms with Gasteiger partial charge in [-0.15, -0.1) is 0 Å². The molecule has 0 aliphatic rings. The third kappa shape index (κ3) is 3.50. The van der Waals surface area contributed by atoms with Crippen molar-refractivity contribution in [1.82, 2.24) is 0 Å². The molecule has 0 radical (unpaired) electrons. The molecule has 1 N–H and O–H groups in total. The van der Waals surface area contributed by atoms with Gasteiger partial charge in [0.1, 0.15) is 0 Å². The number of benzene rings is 2. The molecule has 0 saturated heterocycles. The van der Waals surface area contributed by atoms with E-state index in [0.29, 0.717) is 0 Å². The van der Waals surface area contributed by atoms with Crippen LogP contribution in [0.2, 0.25) is 0 Å². The third-order valence-electron chi connectivity index (χ3n) is 3.61. The quantitative estimate of drug-likeness (QED) is 0.743. The zero-order valence-corrected chi connectivity index (χ0v) is 14.1. The second kappa shape index (κ2) is 5.95. The number of hydrogen-bond acceptors (Lipinski definition) is 1. The molecule has 0 aromatic heterocycles. The van der Waals surface area contributed by atoms with Crippen molar-refractivity contribution in [2.75, 3.05) is 5.32 Å². The monoisotopic (exact) mass is 365 g/mol. The van der Waals surface area contributed by atoms with Crippen LogP contribution < -0.4 is 5.32 Å². The van der Waals surface area contributed by atoms with E-state index in [4.69, 9.17) is 0 Å². The molecule has 0 spiro atoms. The molecular weight excluding hydrogens is 345 g/mol. The fourth-order valence-electron chi connectivity index (χ4n) is 2.23. The van der Waals surface area contributed by atoms with Crippen molar-refractivity contribution >= 4 is 28.3 Å². The van der Waals surface area contributed by atoms with E-state index < -0.39 is 0 Å². The summed E-state index contributed by atoms with van der Waals surface area (Å²) >= 11 is 2.35. The molecule has 0 bridgehead atoms. The van der Waals surface area contributed by atoms with Crippen molar-refractivity contribution in [2.45, 2.75) is 34.2 Å². The van der Waals surface area contributed by atoms with Gasteiger partial charge in [-0.3, -0.25) is 0 Å². The molecule has 2 aromatic rings. The number of nitrogens with one attached hydrogen (secondary N) is 1. The van der Waals surface area contributed by atoms with Crippen LogP contribution in [0.15, 0.2) is 30.3 Å². The number of halogens is 1. The number of aryl methyl sites for hydroxylation is 4. The van der Waals surface area contributed by atoms with Gasteiger partial charge in [0.05, 0.1) is 0 Å². The van der Waals surface area contributed by atoms with E-state index in [1.54, 1.807) is 0 Å². The van der Waals surface area contributed by atoms with Crippen LogP contribution in [0.5, 0.6) is 0 Å². The summed E-state index contributed by atoms with van der Waals surface area (Å²) in [6, 6.07) is 11.1. The SMILES string of the molecule is Cc1cc(C)c(CNc2ccc(I)cc2C)cc1C. The van der Waals surface area contributed by atoms with Crippen molar-refractivity contribution < 1.29 is 0 Å². The minimum absolute atomic E-state index is 0.883. The molecule has 0 fully saturated rings. The summed E-state index contributed by atoms with van der Waals surface area (Å²) in [5, 5.41) is 3.54. The number of anilines is 1. The zero-order chi connectivity index (χ0) is 14.0. The van der Waals surface area contributed by atoms with E-state index in [-0.39, 0.29) is 0 Å². The van der Waals surface area contributed by atoms with Gasteiger partial charge in [0.15, 0.2) is 0 Å². The lowest BCUT2D eigenvalue weighted by atomic mass is 10.0. The molecule has 2 rings (SSSR count). The molecular formula is C17H20IN. The summed E-state index contributed by atoms with van der Waals surface area (Å²) in [6.45, 7) is 9.56. The lowest BCUT2D eigenvalue weighted by Crippen LogP contribution is -2.04. The summed E-state index contributed by atoms with van der Waals surface area (Å²) in [5.74, 6) is 0. The summed E-state index contributed by atoms with van der Waals surface area (Å²) < 4.78 is 1.28. The molecule has 100 valence electrons. The van der Waals surface area contributed by atoms with E-state index in [1.807, 2.05) is 0 Å². The van der Waals surface area contributed by atoms with Gasteiger partial charge in [-0.1, -0.05) is 12.1 Å². The topological polar surface area (TPSA) is 12.0 Å². The first-order valence-corrected chi connectivity index (χ1v) is 7.62. The van der Waals surface area contributed by atoms with E-state index >= 15 is 0 Å². The maximum absolute atomic E-state index is 3.54. The highest BCUT2D eigenvalue weighted by Gasteiger charge is 2.03. The lowest BCUT2D eigenvalue weighted by molar-refractivity contribution is 1.09. The molecule has 0 aliphatic heterocycles. The average Bonchev–Trinajstić information content (AvgIpc) is 2.34. The second-order valence-electron chi connectivity index (χ2n) is 5.18. The van der Waals surface area contributed by atoms with Gasteiger partial charge >= 0.3 is 0 Å². The second-order valence-corrected chi connectivity index (χ2v) is 6.42. The van der Waals surface area contributed by atoms with E-state index in [1.165, 1.54) is 37.1 Å². The Balaban J connectivity index is 2.16. The normalized spacial score (nSPS) is 10.6. The van der Waals surface area contributed by atoms with Crippen molar-refractivity contribution in [3.63, 3.8) is 0 Å². The van der Waals surface area contributed by atoms with Crippen LogP contribution >= 0.6 is 22.6 Å². The molecule has 0 saturated carbocycles. The molecule has 0 aliphatic carbocycles. The van der Waals surface area contributed by atoms with Crippen molar-refractivity contribution in [2.24, 2.45) is 0 Å². The predicted molar refractivity (Wildman–Crippen MR) is 91.9 cm³/mol. The molecule has 19 heavy (non-hydrogen) atoms. The van der Waals surface area contributed by atoms with Gasteiger partial charge in [0.2, 0.25) is 0 Å². The Labute approximate surface area is 129 Å². The van der Waals surface area contributed by atoms with Crippen LogP contribution in [0.25, 0.3) is 0 Å². The largest absolute Gasteiger partial charge is 0.381 e. The average molecular weight is 365 g/mol. The highest BCUT2D eigenvalue weighted by atomic mass is 127. The van der Waals surface area contributed by atoms with Crippen molar-refractivity contribution in [3.8, 4) is 0 Å². The minimum Gasteiger partial charge on any atom is -0.381 e. The van der Waals surface area contributed by atoms with Crippen LogP contribution in [-0.4, -0.2) is 0 Å². The molecule has 0 amide bonds. The predicted octanol–water partition coefficient (Wildman–Crippen LogP) is 5.14. The van der Waals surface area contributed by atoms with Crippen LogP contribution in [0.3, 0.4) is 0 Å². The minimum atomic E-state index is 0.883. The molecule has 0 heterocycles. The summed E-state index contributed by atoms with van der Waals surface area (Å²) in [4.78, 5) is 0. The first-order chi connectivity index (χ1) is 8.97. The summed E-state index contributed by atoms with van der Waals surface area (Å²) in [7, 11) is 0. The highest BCUT2D eigenvalue weighted by molar-refractivity contribution is 14.1. The molecule has 2 aromatic carbocycles. The fourth-order valence-corrected chi connectivity index (χ4v) is 2.87. The van der Waals surface area contributed by atoms with Gasteiger partial charge in [-0.2, -0.15) is 0 Å². The number of hydrogen-bond donors (Lipinski definition) is 1. The number of rotatable bonds is 3.